The molecule has 0 saturated carbocycles. The van der Waals surface area contributed by atoms with Crippen LogP contribution < -0.4 is 10.1 Å². The molecule has 0 unspecified atom stereocenters. The van der Waals surface area contributed by atoms with Crippen molar-refractivity contribution in [2.45, 2.75) is 6.42 Å². The zero-order valence-electron chi connectivity index (χ0n) is 11.4. The van der Waals surface area contributed by atoms with E-state index in [0.29, 0.717) is 16.6 Å². The summed E-state index contributed by atoms with van der Waals surface area (Å²) in [6.07, 6.45) is 1.56. The molecule has 0 aliphatic rings. The third-order valence-corrected chi connectivity index (χ3v) is 2.86. The molecule has 7 nitrogen and oxygen atoms in total. The van der Waals surface area contributed by atoms with Crippen LogP contribution in [0, 0.1) is 10.1 Å². The lowest BCUT2D eigenvalue weighted by molar-refractivity contribution is -0.384. The van der Waals surface area contributed by atoms with Gasteiger partial charge in [-0.2, -0.15) is 0 Å². The van der Waals surface area contributed by atoms with Crippen molar-refractivity contribution >= 4 is 29.0 Å². The van der Waals surface area contributed by atoms with Gasteiger partial charge in [-0.05, 0) is 24.3 Å². The maximum absolute atomic E-state index is 11.7. The number of carbonyl (C=O) groups is 1. The highest BCUT2D eigenvalue weighted by molar-refractivity contribution is 6.30. The third kappa shape index (κ3) is 4.71. The van der Waals surface area contributed by atoms with Gasteiger partial charge in [0.15, 0.2) is 0 Å². The maximum Gasteiger partial charge on any atom is 0.269 e. The summed E-state index contributed by atoms with van der Waals surface area (Å²) in [5.74, 6) is 0.615. The second kappa shape index (κ2) is 7.37. The summed E-state index contributed by atoms with van der Waals surface area (Å²) >= 11 is 5.69. The fourth-order valence-electron chi connectivity index (χ4n) is 1.58. The highest BCUT2D eigenvalue weighted by Crippen LogP contribution is 2.17. The summed E-state index contributed by atoms with van der Waals surface area (Å²) in [5.41, 5.74) is -0.0149. The summed E-state index contributed by atoms with van der Waals surface area (Å²) in [6.45, 7) is 0.150. The van der Waals surface area contributed by atoms with Gasteiger partial charge in [-0.3, -0.25) is 14.9 Å². The first kappa shape index (κ1) is 15.7. The number of benzene rings is 1. The minimum atomic E-state index is -0.490. The molecule has 1 aromatic carbocycles. The molecule has 0 spiro atoms. The Morgan fingerprint density at radius 2 is 2.00 bits per heavy atom. The van der Waals surface area contributed by atoms with Crippen molar-refractivity contribution in [3.05, 3.63) is 57.7 Å². The maximum atomic E-state index is 11.7. The highest BCUT2D eigenvalue weighted by atomic mass is 35.5. The molecule has 0 atom stereocenters. The Hall–Kier alpha value is -2.67. The van der Waals surface area contributed by atoms with E-state index in [1.54, 1.807) is 12.1 Å². The number of nitrogens with zero attached hydrogens (tertiary/aromatic N) is 2. The summed E-state index contributed by atoms with van der Waals surface area (Å²) in [6, 6.07) is 8.86. The number of pyridine rings is 1. The number of halogens is 1. The van der Waals surface area contributed by atoms with Crippen LogP contribution in [0.15, 0.2) is 42.6 Å². The van der Waals surface area contributed by atoms with Gasteiger partial charge < -0.3 is 10.1 Å². The van der Waals surface area contributed by atoms with E-state index in [0.717, 1.165) is 0 Å². The van der Waals surface area contributed by atoms with Crippen molar-refractivity contribution in [3.8, 4) is 5.75 Å². The molecule has 0 saturated heterocycles. The van der Waals surface area contributed by atoms with Crippen molar-refractivity contribution in [2.24, 2.45) is 0 Å². The van der Waals surface area contributed by atoms with E-state index in [2.05, 4.69) is 10.3 Å². The second-order valence-electron chi connectivity index (χ2n) is 4.26. The van der Waals surface area contributed by atoms with E-state index in [-0.39, 0.29) is 24.6 Å². The van der Waals surface area contributed by atoms with Crippen molar-refractivity contribution in [1.82, 2.24) is 4.98 Å². The van der Waals surface area contributed by atoms with Crippen LogP contribution in [0.1, 0.15) is 6.42 Å². The minimum Gasteiger partial charge on any atom is -0.493 e. The Kier molecular flexibility index (Phi) is 5.26. The molecule has 0 aliphatic carbocycles. The highest BCUT2D eigenvalue weighted by Gasteiger charge is 2.06. The zero-order chi connectivity index (χ0) is 15.9. The number of hydrogen-bond donors (Lipinski definition) is 1. The molecule has 114 valence electrons. The normalized spacial score (nSPS) is 10.0. The third-order valence-electron chi connectivity index (χ3n) is 2.64. The van der Waals surface area contributed by atoms with Crippen LogP contribution in [0.25, 0.3) is 0 Å². The standard InChI is InChI=1S/C14H12ClN3O4/c15-10-1-6-13(16-9-10)17-14(19)7-8-22-12-4-2-11(3-5-12)18(20)21/h1-6,9H,7-8H2,(H,16,17,19). The summed E-state index contributed by atoms with van der Waals surface area (Å²) in [7, 11) is 0. The van der Waals surface area contributed by atoms with E-state index in [1.165, 1.54) is 30.5 Å². The van der Waals surface area contributed by atoms with Gasteiger partial charge in [0, 0.05) is 18.3 Å². The Bertz CT molecular complexity index is 659. The number of ether oxygens (including phenoxy) is 1. The van der Waals surface area contributed by atoms with Crippen LogP contribution >= 0.6 is 11.6 Å². The first-order chi connectivity index (χ1) is 10.5. The molecule has 8 heteroatoms. The summed E-state index contributed by atoms with van der Waals surface area (Å²) < 4.78 is 5.34. The predicted octanol–water partition coefficient (Wildman–Crippen LogP) is 3.05. The fraction of sp³-hybridized carbons (Fsp3) is 0.143. The Balaban J connectivity index is 1.77. The molecule has 0 fully saturated rings. The molecule has 22 heavy (non-hydrogen) atoms. The topological polar surface area (TPSA) is 94.4 Å². The molecule has 2 aromatic rings. The summed E-state index contributed by atoms with van der Waals surface area (Å²) in [5, 5.41) is 13.6. The fourth-order valence-corrected chi connectivity index (χ4v) is 1.69. The van der Waals surface area contributed by atoms with E-state index < -0.39 is 4.92 Å². The Morgan fingerprint density at radius 3 is 2.59 bits per heavy atom. The molecule has 1 N–H and O–H groups in total. The lowest BCUT2D eigenvalue weighted by Gasteiger charge is -2.06. The largest absolute Gasteiger partial charge is 0.493 e. The van der Waals surface area contributed by atoms with Crippen molar-refractivity contribution in [3.63, 3.8) is 0 Å². The van der Waals surface area contributed by atoms with Crippen LogP contribution in [0.2, 0.25) is 5.02 Å². The number of rotatable bonds is 6. The van der Waals surface area contributed by atoms with Crippen LogP contribution in [-0.4, -0.2) is 22.4 Å². The van der Waals surface area contributed by atoms with Crippen LogP contribution in [0.5, 0.6) is 5.75 Å². The molecule has 0 bridgehead atoms. The number of aromatic nitrogens is 1. The smallest absolute Gasteiger partial charge is 0.269 e. The van der Waals surface area contributed by atoms with Gasteiger partial charge in [0.2, 0.25) is 5.91 Å². The Labute approximate surface area is 131 Å². The van der Waals surface area contributed by atoms with Crippen molar-refractivity contribution < 1.29 is 14.5 Å². The Morgan fingerprint density at radius 1 is 1.27 bits per heavy atom. The lowest BCUT2D eigenvalue weighted by atomic mass is 10.3. The number of amides is 1. The minimum absolute atomic E-state index is 0.0149. The number of hydrogen-bond acceptors (Lipinski definition) is 5. The molecule has 1 amide bonds. The van der Waals surface area contributed by atoms with Crippen molar-refractivity contribution in [2.75, 3.05) is 11.9 Å². The number of carbonyl (C=O) groups excluding carboxylic acids is 1. The van der Waals surface area contributed by atoms with E-state index >= 15 is 0 Å². The van der Waals surface area contributed by atoms with E-state index in [4.69, 9.17) is 16.3 Å². The van der Waals surface area contributed by atoms with Gasteiger partial charge >= 0.3 is 0 Å². The van der Waals surface area contributed by atoms with Crippen LogP contribution in [0.3, 0.4) is 0 Å². The quantitative estimate of drug-likeness (QED) is 0.651. The first-order valence-corrected chi connectivity index (χ1v) is 6.71. The molecule has 1 aromatic heterocycles. The lowest BCUT2D eigenvalue weighted by Crippen LogP contribution is -2.15. The van der Waals surface area contributed by atoms with E-state index in [1.807, 2.05) is 0 Å². The van der Waals surface area contributed by atoms with Gasteiger partial charge in [0.1, 0.15) is 11.6 Å². The van der Waals surface area contributed by atoms with Gasteiger partial charge in [0.05, 0.1) is 23.0 Å². The predicted molar refractivity (Wildman–Crippen MR) is 81.1 cm³/mol. The second-order valence-corrected chi connectivity index (χ2v) is 4.70. The number of nitro benzene ring substituents is 1. The summed E-state index contributed by atoms with van der Waals surface area (Å²) in [4.78, 5) is 25.6. The van der Waals surface area contributed by atoms with Gasteiger partial charge in [-0.15, -0.1) is 0 Å². The number of nitro groups is 1. The van der Waals surface area contributed by atoms with Gasteiger partial charge in [0.25, 0.3) is 5.69 Å². The average molecular weight is 322 g/mol. The molecule has 2 rings (SSSR count). The molecule has 0 aliphatic heterocycles. The average Bonchev–Trinajstić information content (AvgIpc) is 2.50. The number of non-ortho nitro benzene ring substituents is 1. The van der Waals surface area contributed by atoms with Crippen LogP contribution in [-0.2, 0) is 4.79 Å². The van der Waals surface area contributed by atoms with Gasteiger partial charge in [-0.1, -0.05) is 11.6 Å². The molecular formula is C14H12ClN3O4. The molecule has 1 heterocycles. The molecule has 0 radical (unpaired) electrons. The monoisotopic (exact) mass is 321 g/mol. The van der Waals surface area contributed by atoms with E-state index in [9.17, 15) is 14.9 Å². The SMILES string of the molecule is O=C(CCOc1ccc([N+](=O)[O-])cc1)Nc1ccc(Cl)cn1. The van der Waals surface area contributed by atoms with Crippen LogP contribution in [0.4, 0.5) is 11.5 Å². The van der Waals surface area contributed by atoms with Gasteiger partial charge in [-0.25, -0.2) is 4.98 Å². The molecular weight excluding hydrogens is 310 g/mol. The van der Waals surface area contributed by atoms with Crippen molar-refractivity contribution in [1.29, 1.82) is 0 Å². The zero-order valence-corrected chi connectivity index (χ0v) is 12.1. The number of nitrogens with one attached hydrogen (secondary N) is 1. The first-order valence-electron chi connectivity index (χ1n) is 6.33. The number of anilines is 1.